The number of hydrogen-bond donors (Lipinski definition) is 1. The van der Waals surface area contributed by atoms with Crippen LogP contribution in [0.2, 0.25) is 0 Å². The fourth-order valence-corrected chi connectivity index (χ4v) is 10.3. The van der Waals surface area contributed by atoms with E-state index in [-0.39, 0.29) is 0 Å². The summed E-state index contributed by atoms with van der Waals surface area (Å²) in [4.78, 5) is 11.8. The highest BCUT2D eigenvalue weighted by Gasteiger charge is 2.34. The smallest absolute Gasteiger partial charge is 0.335 e. The second kappa shape index (κ2) is 8.99. The van der Waals surface area contributed by atoms with Crippen molar-refractivity contribution in [3.05, 3.63) is 153 Å². The monoisotopic (exact) mass is 558 g/mol. The SMILES string of the molecule is O=C(O)c1ccc(P(c2ccc3c4c2CC=C2C=CC=C(C=C3)C24)c2ccc3c4c5c(ccc24)C=CCC5=CC3)cc1. The molecule has 0 saturated heterocycles. The number of aromatic carboxylic acids is 1. The van der Waals surface area contributed by atoms with E-state index in [0.29, 0.717) is 11.5 Å². The van der Waals surface area contributed by atoms with Crippen molar-refractivity contribution < 1.29 is 9.90 Å². The molecule has 0 spiro atoms. The topological polar surface area (TPSA) is 37.3 Å². The van der Waals surface area contributed by atoms with Crippen molar-refractivity contribution in [1.29, 1.82) is 0 Å². The molecule has 5 aliphatic rings. The standard InChI is InChI=1S/C39H27O2P/c40-39(41)29-11-17-30(18-12-29)42(33-21-15-27-9-7-23-3-1-5-25-13-19-31(33)37(27)35(23)25)34-22-16-28-10-8-24-4-2-6-26-14-20-32(34)38(28)36(24)26/h1-3,5-9,11-18,20-22,35H,4,10,19H2,(H,40,41). The molecule has 0 amide bonds. The van der Waals surface area contributed by atoms with Crippen molar-refractivity contribution in [2.24, 2.45) is 0 Å². The molecule has 2 unspecified atom stereocenters. The lowest BCUT2D eigenvalue weighted by Gasteiger charge is -2.36. The number of carboxylic acids is 1. The summed E-state index contributed by atoms with van der Waals surface area (Å²) in [6.07, 6.45) is 23.5. The van der Waals surface area contributed by atoms with Gasteiger partial charge in [0.15, 0.2) is 0 Å². The van der Waals surface area contributed by atoms with Gasteiger partial charge >= 0.3 is 5.97 Å². The van der Waals surface area contributed by atoms with Crippen LogP contribution in [-0.2, 0) is 12.8 Å². The second-order valence-electron chi connectivity index (χ2n) is 11.7. The van der Waals surface area contributed by atoms with Gasteiger partial charge in [-0.1, -0.05) is 103 Å². The molecule has 0 aromatic heterocycles. The van der Waals surface area contributed by atoms with Crippen LogP contribution in [0, 0.1) is 0 Å². The van der Waals surface area contributed by atoms with E-state index >= 15 is 0 Å². The minimum atomic E-state index is -0.956. The summed E-state index contributed by atoms with van der Waals surface area (Å²) in [6, 6.07) is 21.7. The van der Waals surface area contributed by atoms with Gasteiger partial charge in [-0.05, 0) is 116 Å². The summed E-state index contributed by atoms with van der Waals surface area (Å²) >= 11 is 0. The van der Waals surface area contributed by atoms with Crippen molar-refractivity contribution in [1.82, 2.24) is 0 Å². The van der Waals surface area contributed by atoms with E-state index in [1.54, 1.807) is 12.1 Å². The maximum atomic E-state index is 11.8. The molecule has 0 fully saturated rings. The summed E-state index contributed by atoms with van der Waals surface area (Å²) in [5.74, 6) is -0.596. The summed E-state index contributed by atoms with van der Waals surface area (Å²) in [6.45, 7) is 0. The predicted octanol–water partition coefficient (Wildman–Crippen LogP) is 7.74. The van der Waals surface area contributed by atoms with Crippen molar-refractivity contribution in [2.45, 2.75) is 25.2 Å². The highest BCUT2D eigenvalue weighted by Crippen LogP contribution is 2.49. The van der Waals surface area contributed by atoms with Gasteiger partial charge in [-0.2, -0.15) is 0 Å². The molecule has 9 rings (SSSR count). The first kappa shape index (κ1) is 24.1. The number of benzene rings is 4. The lowest BCUT2D eigenvalue weighted by molar-refractivity contribution is 0.0697. The molecule has 200 valence electrons. The fraction of sp³-hybridized carbons (Fsp3) is 0.103. The Bertz CT molecular complexity index is 2080. The average molecular weight is 559 g/mol. The summed E-state index contributed by atoms with van der Waals surface area (Å²) < 4.78 is 0. The van der Waals surface area contributed by atoms with E-state index in [4.69, 9.17) is 0 Å². The summed E-state index contributed by atoms with van der Waals surface area (Å²) in [7, 11) is -0.956. The maximum absolute atomic E-state index is 11.8. The van der Waals surface area contributed by atoms with Crippen LogP contribution in [0.1, 0.15) is 56.1 Å². The first-order valence-electron chi connectivity index (χ1n) is 14.7. The molecule has 42 heavy (non-hydrogen) atoms. The van der Waals surface area contributed by atoms with E-state index in [0.717, 1.165) is 19.3 Å². The molecule has 0 bridgehead atoms. The van der Waals surface area contributed by atoms with E-state index in [1.807, 2.05) is 0 Å². The zero-order valence-corrected chi connectivity index (χ0v) is 23.9. The van der Waals surface area contributed by atoms with Gasteiger partial charge in [0, 0.05) is 5.92 Å². The highest BCUT2D eigenvalue weighted by molar-refractivity contribution is 7.80. The Balaban J connectivity index is 1.32. The Morgan fingerprint density at radius 1 is 0.762 bits per heavy atom. The Hall–Kier alpha value is -4.52. The molecule has 0 heterocycles. The highest BCUT2D eigenvalue weighted by atomic mass is 31.1. The van der Waals surface area contributed by atoms with Crippen molar-refractivity contribution in [3.8, 4) is 0 Å². The molecule has 4 aromatic carbocycles. The van der Waals surface area contributed by atoms with Crippen LogP contribution in [0.3, 0.4) is 0 Å². The molecule has 1 N–H and O–H groups in total. The van der Waals surface area contributed by atoms with E-state index in [2.05, 4.69) is 103 Å². The van der Waals surface area contributed by atoms with Crippen LogP contribution >= 0.6 is 7.92 Å². The number of carbonyl (C=O) groups is 1. The molecular formula is C39H27O2P. The lowest BCUT2D eigenvalue weighted by atomic mass is 9.71. The van der Waals surface area contributed by atoms with Gasteiger partial charge in [-0.15, -0.1) is 0 Å². The van der Waals surface area contributed by atoms with Gasteiger partial charge in [-0.25, -0.2) is 4.79 Å². The van der Waals surface area contributed by atoms with Crippen LogP contribution in [0.25, 0.3) is 28.5 Å². The predicted molar refractivity (Wildman–Crippen MR) is 176 cm³/mol. The number of allylic oxidation sites excluding steroid dienone is 10. The fourth-order valence-electron chi connectivity index (χ4n) is 7.68. The average Bonchev–Trinajstić information content (AvgIpc) is 3.04. The molecule has 0 radical (unpaired) electrons. The van der Waals surface area contributed by atoms with Gasteiger partial charge in [0.05, 0.1) is 5.56 Å². The number of carboxylic acid groups (broad SMARTS) is 1. The van der Waals surface area contributed by atoms with Crippen molar-refractivity contribution >= 4 is 58.3 Å². The van der Waals surface area contributed by atoms with Crippen LogP contribution < -0.4 is 15.9 Å². The Morgan fingerprint density at radius 3 is 2.50 bits per heavy atom. The van der Waals surface area contributed by atoms with Crippen LogP contribution in [0.4, 0.5) is 0 Å². The summed E-state index contributed by atoms with van der Waals surface area (Å²) in [5, 5.41) is 16.3. The summed E-state index contributed by atoms with van der Waals surface area (Å²) in [5.41, 5.74) is 12.8. The maximum Gasteiger partial charge on any atom is 0.335 e. The van der Waals surface area contributed by atoms with Gasteiger partial charge in [0.1, 0.15) is 0 Å². The largest absolute Gasteiger partial charge is 0.478 e. The second-order valence-corrected chi connectivity index (χ2v) is 13.8. The molecule has 5 aliphatic carbocycles. The van der Waals surface area contributed by atoms with E-state index in [1.165, 1.54) is 76.8 Å². The van der Waals surface area contributed by atoms with Gasteiger partial charge in [0.2, 0.25) is 0 Å². The number of rotatable bonds is 4. The first-order valence-corrected chi connectivity index (χ1v) is 16.0. The van der Waals surface area contributed by atoms with Crippen LogP contribution in [-0.4, -0.2) is 11.1 Å². The minimum Gasteiger partial charge on any atom is -0.478 e. The zero-order chi connectivity index (χ0) is 27.9. The van der Waals surface area contributed by atoms with Crippen LogP contribution in [0.15, 0.2) is 114 Å². The molecular weight excluding hydrogens is 531 g/mol. The van der Waals surface area contributed by atoms with Gasteiger partial charge in [-0.3, -0.25) is 0 Å². The third-order valence-electron chi connectivity index (χ3n) is 9.55. The van der Waals surface area contributed by atoms with E-state index < -0.39 is 13.9 Å². The van der Waals surface area contributed by atoms with Crippen molar-refractivity contribution in [3.63, 3.8) is 0 Å². The quantitative estimate of drug-likeness (QED) is 0.260. The minimum absolute atomic E-state index is 0.293. The third kappa shape index (κ3) is 3.39. The van der Waals surface area contributed by atoms with Crippen LogP contribution in [0.5, 0.6) is 0 Å². The zero-order valence-electron chi connectivity index (χ0n) is 23.0. The molecule has 2 nitrogen and oxygen atoms in total. The molecule has 2 atom stereocenters. The molecule has 3 heteroatoms. The van der Waals surface area contributed by atoms with Crippen molar-refractivity contribution in [2.75, 3.05) is 0 Å². The first-order chi connectivity index (χ1) is 20.7. The lowest BCUT2D eigenvalue weighted by Crippen LogP contribution is -2.29. The van der Waals surface area contributed by atoms with Gasteiger partial charge in [0.25, 0.3) is 0 Å². The molecule has 0 saturated carbocycles. The normalized spacial score (nSPS) is 19.1. The molecule has 4 aromatic rings. The Kier molecular flexibility index (Phi) is 5.16. The third-order valence-corrected chi connectivity index (χ3v) is 12.1. The van der Waals surface area contributed by atoms with E-state index in [9.17, 15) is 9.90 Å². The Labute approximate surface area is 246 Å². The molecule has 0 aliphatic heterocycles. The Morgan fingerprint density at radius 2 is 1.62 bits per heavy atom. The van der Waals surface area contributed by atoms with Gasteiger partial charge < -0.3 is 5.11 Å². The number of hydrogen-bond acceptors (Lipinski definition) is 1.